The standard InChI is InChI=1S/C15H24/c1-11-6-5-7-12(2)13-10-15(3,4)14(13)9-8-11/h6,13-14H,2,5,7-10H2,1,3-4H3/b11-6-/t13-,14-/m1/s1/i1D. The molecule has 15 heavy (non-hydrogen) atoms. The van der Waals surface area contributed by atoms with Gasteiger partial charge in [-0.05, 0) is 56.3 Å². The molecule has 2 atom stereocenters. The van der Waals surface area contributed by atoms with Gasteiger partial charge in [0.15, 0.2) is 0 Å². The molecule has 2 aliphatic carbocycles. The van der Waals surface area contributed by atoms with Crippen LogP contribution in [0.25, 0.3) is 0 Å². The molecule has 0 radical (unpaired) electrons. The fourth-order valence-corrected chi connectivity index (χ4v) is 3.36. The van der Waals surface area contributed by atoms with Crippen molar-refractivity contribution in [3.8, 4) is 0 Å². The van der Waals surface area contributed by atoms with Crippen LogP contribution in [0.1, 0.15) is 54.2 Å². The third kappa shape index (κ3) is 2.04. The summed E-state index contributed by atoms with van der Waals surface area (Å²) in [4.78, 5) is 0. The summed E-state index contributed by atoms with van der Waals surface area (Å²) in [5.74, 6) is 1.58. The number of fused-ring (bicyclic) bond motifs is 1. The van der Waals surface area contributed by atoms with Gasteiger partial charge in [0.25, 0.3) is 0 Å². The molecule has 0 heterocycles. The van der Waals surface area contributed by atoms with Gasteiger partial charge in [0.1, 0.15) is 0 Å². The quantitative estimate of drug-likeness (QED) is 0.502. The first kappa shape index (κ1) is 9.69. The van der Waals surface area contributed by atoms with E-state index in [4.69, 9.17) is 1.37 Å². The fourth-order valence-electron chi connectivity index (χ4n) is 3.36. The molecular formula is C15H24. The van der Waals surface area contributed by atoms with E-state index in [-0.39, 0.29) is 0 Å². The van der Waals surface area contributed by atoms with Crippen LogP contribution in [0.2, 0.25) is 0 Å². The van der Waals surface area contributed by atoms with Gasteiger partial charge in [0, 0.05) is 1.37 Å². The first-order valence-electron chi connectivity index (χ1n) is 6.90. The highest BCUT2D eigenvalue weighted by Crippen LogP contribution is 2.56. The third-order valence-corrected chi connectivity index (χ3v) is 4.43. The van der Waals surface area contributed by atoms with Gasteiger partial charge in [-0.3, -0.25) is 0 Å². The molecule has 0 aromatic rings. The Balaban J connectivity index is 2.11. The molecule has 2 rings (SSSR count). The second kappa shape index (κ2) is 3.81. The van der Waals surface area contributed by atoms with Crippen molar-refractivity contribution < 1.29 is 1.37 Å². The van der Waals surface area contributed by atoms with E-state index in [1.165, 1.54) is 24.0 Å². The highest BCUT2D eigenvalue weighted by Gasteiger charge is 2.47. The summed E-state index contributed by atoms with van der Waals surface area (Å²) in [5, 5.41) is 0. The average molecular weight is 205 g/mol. The number of rotatable bonds is 0. The lowest BCUT2D eigenvalue weighted by atomic mass is 9.52. The summed E-state index contributed by atoms with van der Waals surface area (Å²) in [6.45, 7) is 9.56. The van der Waals surface area contributed by atoms with Gasteiger partial charge in [0.2, 0.25) is 0 Å². The molecule has 0 saturated heterocycles. The fraction of sp³-hybridized carbons (Fsp3) is 0.733. The summed E-state index contributed by atoms with van der Waals surface area (Å²) in [7, 11) is 0. The Morgan fingerprint density at radius 1 is 1.47 bits per heavy atom. The Bertz CT molecular complexity index is 311. The number of hydrogen-bond donors (Lipinski definition) is 0. The van der Waals surface area contributed by atoms with Gasteiger partial charge in [-0.2, -0.15) is 0 Å². The molecule has 0 aromatic heterocycles. The van der Waals surface area contributed by atoms with Gasteiger partial charge in [-0.25, -0.2) is 0 Å². The summed E-state index contributed by atoms with van der Waals surface area (Å²) < 4.78 is 7.53. The highest BCUT2D eigenvalue weighted by molar-refractivity contribution is 5.16. The van der Waals surface area contributed by atoms with Crippen molar-refractivity contribution in [2.24, 2.45) is 17.3 Å². The number of allylic oxidation sites excluding steroid dienone is 3. The minimum atomic E-state index is 0.490. The molecule has 0 nitrogen and oxygen atoms in total. The van der Waals surface area contributed by atoms with E-state index in [1.807, 2.05) is 0 Å². The molecule has 0 unspecified atom stereocenters. The normalized spacial score (nSPS) is 39.7. The zero-order chi connectivity index (χ0) is 11.8. The van der Waals surface area contributed by atoms with Crippen LogP contribution in [0.3, 0.4) is 0 Å². The minimum absolute atomic E-state index is 0.490. The predicted molar refractivity (Wildman–Crippen MR) is 66.7 cm³/mol. The molecule has 1 fully saturated rings. The maximum atomic E-state index is 7.53. The van der Waals surface area contributed by atoms with Crippen LogP contribution in [-0.4, -0.2) is 0 Å². The summed E-state index contributed by atoms with van der Waals surface area (Å²) >= 11 is 0. The largest absolute Gasteiger partial charge is 0.0996 e. The third-order valence-electron chi connectivity index (χ3n) is 4.43. The van der Waals surface area contributed by atoms with E-state index in [0.29, 0.717) is 12.3 Å². The zero-order valence-corrected chi connectivity index (χ0v) is 10.2. The van der Waals surface area contributed by atoms with Crippen LogP contribution in [0.5, 0.6) is 0 Å². The smallest absolute Gasteiger partial charge is 0.0276 e. The molecule has 0 bridgehead atoms. The van der Waals surface area contributed by atoms with Crippen LogP contribution in [0.15, 0.2) is 23.8 Å². The second-order valence-electron chi connectivity index (χ2n) is 6.00. The van der Waals surface area contributed by atoms with Gasteiger partial charge in [0.05, 0.1) is 0 Å². The van der Waals surface area contributed by atoms with Crippen molar-refractivity contribution >= 4 is 0 Å². The maximum absolute atomic E-state index is 7.53. The van der Waals surface area contributed by atoms with Crippen molar-refractivity contribution in [3.63, 3.8) is 0 Å². The van der Waals surface area contributed by atoms with Crippen LogP contribution in [0.4, 0.5) is 0 Å². The Morgan fingerprint density at radius 2 is 2.27 bits per heavy atom. The van der Waals surface area contributed by atoms with E-state index in [2.05, 4.69) is 26.5 Å². The van der Waals surface area contributed by atoms with Crippen LogP contribution in [0, 0.1) is 17.3 Å². The molecule has 0 N–H and O–H groups in total. The SMILES string of the molecule is [2H]C/C1=C/CCC(=C)[C@H]2CC(C)(C)[C@@H]2CC1. The summed E-state index contributed by atoms with van der Waals surface area (Å²) in [6.07, 6.45) is 8.27. The van der Waals surface area contributed by atoms with E-state index in [1.54, 1.807) is 0 Å². The Morgan fingerprint density at radius 3 is 2.93 bits per heavy atom. The molecule has 1 saturated carbocycles. The van der Waals surface area contributed by atoms with Gasteiger partial charge in [-0.1, -0.05) is 37.6 Å². The average Bonchev–Trinajstić information content (AvgIpc) is 2.28. The lowest BCUT2D eigenvalue weighted by Gasteiger charge is -2.53. The molecule has 2 aliphatic rings. The monoisotopic (exact) mass is 205 g/mol. The summed E-state index contributed by atoms with van der Waals surface area (Å²) in [5.41, 5.74) is 3.31. The van der Waals surface area contributed by atoms with Crippen LogP contribution in [-0.2, 0) is 0 Å². The minimum Gasteiger partial charge on any atom is -0.0996 e. The van der Waals surface area contributed by atoms with E-state index in [9.17, 15) is 0 Å². The highest BCUT2D eigenvalue weighted by atomic mass is 14.5. The second-order valence-corrected chi connectivity index (χ2v) is 6.00. The number of hydrogen-bond acceptors (Lipinski definition) is 0. The lowest BCUT2D eigenvalue weighted by molar-refractivity contribution is 0.00384. The van der Waals surface area contributed by atoms with E-state index >= 15 is 0 Å². The predicted octanol–water partition coefficient (Wildman–Crippen LogP) is 4.73. The lowest BCUT2D eigenvalue weighted by Crippen LogP contribution is -2.44. The molecule has 0 amide bonds. The van der Waals surface area contributed by atoms with E-state index < -0.39 is 0 Å². The van der Waals surface area contributed by atoms with Crippen molar-refractivity contribution in [1.82, 2.24) is 0 Å². The van der Waals surface area contributed by atoms with Gasteiger partial charge in [-0.15, -0.1) is 0 Å². The van der Waals surface area contributed by atoms with E-state index in [0.717, 1.165) is 31.1 Å². The zero-order valence-electron chi connectivity index (χ0n) is 11.2. The topological polar surface area (TPSA) is 0 Å². The maximum Gasteiger partial charge on any atom is 0.0276 e. The molecule has 0 aliphatic heterocycles. The van der Waals surface area contributed by atoms with Gasteiger partial charge < -0.3 is 0 Å². The Kier molecular flexibility index (Phi) is 2.46. The first-order chi connectivity index (χ1) is 7.54. The molecule has 0 spiro atoms. The first-order valence-corrected chi connectivity index (χ1v) is 6.19. The van der Waals surface area contributed by atoms with Gasteiger partial charge >= 0.3 is 0 Å². The van der Waals surface area contributed by atoms with Crippen molar-refractivity contribution in [2.45, 2.75) is 52.9 Å². The molecule has 84 valence electrons. The van der Waals surface area contributed by atoms with Crippen molar-refractivity contribution in [1.29, 1.82) is 0 Å². The Labute approximate surface area is 95.9 Å². The molecule has 0 aromatic carbocycles. The molecular weight excluding hydrogens is 180 g/mol. The van der Waals surface area contributed by atoms with Crippen molar-refractivity contribution in [3.05, 3.63) is 23.8 Å². The molecule has 0 heteroatoms. The van der Waals surface area contributed by atoms with Crippen LogP contribution >= 0.6 is 0 Å². The summed E-state index contributed by atoms with van der Waals surface area (Å²) in [6, 6.07) is 0. The Hall–Kier alpha value is -0.520. The van der Waals surface area contributed by atoms with Crippen molar-refractivity contribution in [2.75, 3.05) is 0 Å². The van der Waals surface area contributed by atoms with Crippen LogP contribution < -0.4 is 0 Å².